The maximum absolute atomic E-state index is 10.5. The van der Waals surface area contributed by atoms with Crippen molar-refractivity contribution in [2.75, 3.05) is 6.54 Å². The molecule has 0 bridgehead atoms. The van der Waals surface area contributed by atoms with Gasteiger partial charge in [-0.3, -0.25) is 0 Å². The standard InChI is InChI=1S/C6H11NO/c1-6(2)3-4-7(8)5-6/h5H,3-4H2,1-2H3. The molecule has 2 nitrogen and oxygen atoms in total. The van der Waals surface area contributed by atoms with Gasteiger partial charge in [-0.1, -0.05) is 13.8 Å². The fourth-order valence-corrected chi connectivity index (χ4v) is 0.917. The van der Waals surface area contributed by atoms with E-state index in [4.69, 9.17) is 0 Å². The van der Waals surface area contributed by atoms with Crippen molar-refractivity contribution in [3.8, 4) is 0 Å². The van der Waals surface area contributed by atoms with Gasteiger partial charge >= 0.3 is 0 Å². The van der Waals surface area contributed by atoms with Gasteiger partial charge in [0.05, 0.1) is 0 Å². The quantitative estimate of drug-likeness (QED) is 0.340. The smallest absolute Gasteiger partial charge is 0.156 e. The molecule has 0 aromatic carbocycles. The Hall–Kier alpha value is -0.530. The van der Waals surface area contributed by atoms with Gasteiger partial charge in [0.2, 0.25) is 0 Å². The highest BCUT2D eigenvalue weighted by Crippen LogP contribution is 2.20. The van der Waals surface area contributed by atoms with Crippen molar-refractivity contribution in [2.45, 2.75) is 20.3 Å². The molecule has 0 spiro atoms. The molecule has 1 rings (SSSR count). The Labute approximate surface area is 49.4 Å². The van der Waals surface area contributed by atoms with Crippen molar-refractivity contribution in [1.82, 2.24) is 0 Å². The molecule has 0 aliphatic carbocycles. The summed E-state index contributed by atoms with van der Waals surface area (Å²) in [5.41, 5.74) is 0.155. The minimum atomic E-state index is 0.155. The number of nitrogens with zero attached hydrogens (tertiary/aromatic N) is 1. The molecular formula is C6H11NO. The van der Waals surface area contributed by atoms with Crippen molar-refractivity contribution < 1.29 is 4.74 Å². The van der Waals surface area contributed by atoms with E-state index in [9.17, 15) is 5.21 Å². The second kappa shape index (κ2) is 1.47. The summed E-state index contributed by atoms with van der Waals surface area (Å²) in [4.78, 5) is 0. The molecule has 0 N–H and O–H groups in total. The van der Waals surface area contributed by atoms with Crippen LogP contribution in [-0.4, -0.2) is 17.5 Å². The van der Waals surface area contributed by atoms with Gasteiger partial charge in [-0.15, -0.1) is 0 Å². The average Bonchev–Trinajstić information content (AvgIpc) is 1.82. The highest BCUT2D eigenvalue weighted by molar-refractivity contribution is 5.60. The van der Waals surface area contributed by atoms with Gasteiger partial charge in [0.15, 0.2) is 12.8 Å². The Morgan fingerprint density at radius 1 is 1.62 bits per heavy atom. The van der Waals surface area contributed by atoms with E-state index in [-0.39, 0.29) is 5.41 Å². The third-order valence-electron chi connectivity index (χ3n) is 1.47. The number of hydroxylamine groups is 1. The lowest BCUT2D eigenvalue weighted by Crippen LogP contribution is -2.07. The Kier molecular flexibility index (Phi) is 1.03. The van der Waals surface area contributed by atoms with Gasteiger partial charge < -0.3 is 5.21 Å². The summed E-state index contributed by atoms with van der Waals surface area (Å²) in [6.45, 7) is 4.82. The Bertz CT molecular complexity index is 126. The highest BCUT2D eigenvalue weighted by atomic mass is 16.5. The van der Waals surface area contributed by atoms with E-state index in [0.717, 1.165) is 11.2 Å². The summed E-state index contributed by atoms with van der Waals surface area (Å²) in [7, 11) is 0. The van der Waals surface area contributed by atoms with Crippen LogP contribution >= 0.6 is 0 Å². The van der Waals surface area contributed by atoms with Gasteiger partial charge in [-0.05, 0) is 0 Å². The monoisotopic (exact) mass is 113 g/mol. The van der Waals surface area contributed by atoms with Crippen LogP contribution in [0.15, 0.2) is 0 Å². The first-order valence-electron chi connectivity index (χ1n) is 2.90. The van der Waals surface area contributed by atoms with Crippen LogP contribution in [0.2, 0.25) is 0 Å². The molecule has 0 unspecified atom stereocenters. The van der Waals surface area contributed by atoms with Crippen molar-refractivity contribution >= 4 is 6.21 Å². The first-order chi connectivity index (χ1) is 3.60. The summed E-state index contributed by atoms with van der Waals surface area (Å²) >= 11 is 0. The van der Waals surface area contributed by atoms with Gasteiger partial charge in [0.25, 0.3) is 0 Å². The third-order valence-corrected chi connectivity index (χ3v) is 1.47. The molecule has 0 amide bonds. The van der Waals surface area contributed by atoms with Crippen LogP contribution in [-0.2, 0) is 0 Å². The van der Waals surface area contributed by atoms with Gasteiger partial charge in [0.1, 0.15) is 0 Å². The molecule has 0 aromatic heterocycles. The van der Waals surface area contributed by atoms with Crippen molar-refractivity contribution in [3.63, 3.8) is 0 Å². The van der Waals surface area contributed by atoms with Crippen LogP contribution in [0.1, 0.15) is 20.3 Å². The summed E-state index contributed by atoms with van der Waals surface area (Å²) in [5, 5.41) is 10.5. The van der Waals surface area contributed by atoms with Gasteiger partial charge in [-0.25, -0.2) is 4.74 Å². The first-order valence-corrected chi connectivity index (χ1v) is 2.90. The van der Waals surface area contributed by atoms with Crippen LogP contribution in [0, 0.1) is 10.6 Å². The maximum atomic E-state index is 10.5. The molecule has 2 heteroatoms. The van der Waals surface area contributed by atoms with E-state index < -0.39 is 0 Å². The molecule has 0 saturated carbocycles. The second-order valence-corrected chi connectivity index (χ2v) is 3.01. The summed E-state index contributed by atoms with van der Waals surface area (Å²) < 4.78 is 1.01. The van der Waals surface area contributed by atoms with Crippen molar-refractivity contribution in [1.29, 1.82) is 0 Å². The van der Waals surface area contributed by atoms with Crippen molar-refractivity contribution in [2.24, 2.45) is 5.41 Å². The Morgan fingerprint density at radius 2 is 2.25 bits per heavy atom. The molecular weight excluding hydrogens is 102 g/mol. The minimum absolute atomic E-state index is 0.155. The summed E-state index contributed by atoms with van der Waals surface area (Å²) in [6.07, 6.45) is 2.74. The van der Waals surface area contributed by atoms with Crippen LogP contribution in [0.5, 0.6) is 0 Å². The molecule has 46 valence electrons. The zero-order chi connectivity index (χ0) is 6.20. The fourth-order valence-electron chi connectivity index (χ4n) is 0.917. The number of rotatable bonds is 0. The zero-order valence-corrected chi connectivity index (χ0v) is 5.35. The normalized spacial score (nSPS) is 25.5. The van der Waals surface area contributed by atoms with Crippen LogP contribution in [0.4, 0.5) is 0 Å². The average molecular weight is 113 g/mol. The van der Waals surface area contributed by atoms with Crippen LogP contribution in [0.3, 0.4) is 0 Å². The molecule has 0 saturated heterocycles. The lowest BCUT2D eigenvalue weighted by molar-refractivity contribution is -0.443. The molecule has 1 heterocycles. The van der Waals surface area contributed by atoms with Crippen LogP contribution in [0.25, 0.3) is 0 Å². The lowest BCUT2D eigenvalue weighted by Gasteiger charge is -2.04. The fraction of sp³-hybridized carbons (Fsp3) is 0.833. The van der Waals surface area contributed by atoms with E-state index in [2.05, 4.69) is 13.8 Å². The molecule has 1 aliphatic heterocycles. The predicted octanol–water partition coefficient (Wildman–Crippen LogP) is 0.997. The number of hydrogen-bond donors (Lipinski definition) is 0. The van der Waals surface area contributed by atoms with E-state index in [1.54, 1.807) is 6.21 Å². The molecule has 8 heavy (non-hydrogen) atoms. The molecule has 0 aromatic rings. The SMILES string of the molecule is CC1(C)C=[N+]([O-])CC1. The summed E-state index contributed by atoms with van der Waals surface area (Å²) in [5.74, 6) is 0. The van der Waals surface area contributed by atoms with Gasteiger partial charge in [0, 0.05) is 11.8 Å². The zero-order valence-electron chi connectivity index (χ0n) is 5.35. The Morgan fingerprint density at radius 3 is 2.38 bits per heavy atom. The van der Waals surface area contributed by atoms with Crippen molar-refractivity contribution in [3.05, 3.63) is 5.21 Å². The van der Waals surface area contributed by atoms with E-state index in [0.29, 0.717) is 6.54 Å². The molecule has 0 atom stereocenters. The largest absolute Gasteiger partial charge is 0.624 e. The summed E-state index contributed by atoms with van der Waals surface area (Å²) in [6, 6.07) is 0. The maximum Gasteiger partial charge on any atom is 0.156 e. The van der Waals surface area contributed by atoms with Gasteiger partial charge in [-0.2, -0.15) is 0 Å². The number of hydrogen-bond acceptors (Lipinski definition) is 1. The Balaban J connectivity index is 2.67. The highest BCUT2D eigenvalue weighted by Gasteiger charge is 2.26. The molecule has 0 radical (unpaired) electrons. The topological polar surface area (TPSA) is 26.1 Å². The lowest BCUT2D eigenvalue weighted by atomic mass is 9.94. The first kappa shape index (κ1) is 5.60. The predicted molar refractivity (Wildman–Crippen MR) is 33.0 cm³/mol. The third kappa shape index (κ3) is 0.997. The minimum Gasteiger partial charge on any atom is -0.624 e. The van der Waals surface area contributed by atoms with E-state index in [1.165, 1.54) is 0 Å². The molecule has 1 aliphatic rings. The van der Waals surface area contributed by atoms with E-state index >= 15 is 0 Å². The molecule has 0 fully saturated rings. The van der Waals surface area contributed by atoms with Crippen LogP contribution < -0.4 is 0 Å². The van der Waals surface area contributed by atoms with E-state index in [1.807, 2.05) is 0 Å². The second-order valence-electron chi connectivity index (χ2n) is 3.01.